The van der Waals surface area contributed by atoms with Crippen molar-refractivity contribution in [1.82, 2.24) is 0 Å². The van der Waals surface area contributed by atoms with Crippen LogP contribution in [-0.4, -0.2) is 25.3 Å². The van der Waals surface area contributed by atoms with E-state index in [-0.39, 0.29) is 11.3 Å². The fraction of sp³-hybridized carbons (Fsp3) is 0.364. The first-order valence-corrected chi connectivity index (χ1v) is 4.62. The number of phenols is 1. The number of hydrogen-bond acceptors (Lipinski definition) is 4. The Morgan fingerprint density at radius 1 is 1.40 bits per heavy atom. The quantitative estimate of drug-likeness (QED) is 0.772. The Balaban J connectivity index is 3.25. The minimum atomic E-state index is -0.551. The van der Waals surface area contributed by atoms with E-state index in [9.17, 15) is 9.90 Å². The van der Waals surface area contributed by atoms with Crippen LogP contribution in [0.25, 0.3) is 0 Å². The van der Waals surface area contributed by atoms with Gasteiger partial charge in [0.2, 0.25) is 0 Å². The van der Waals surface area contributed by atoms with Gasteiger partial charge in [-0.15, -0.1) is 0 Å². The van der Waals surface area contributed by atoms with Gasteiger partial charge in [0.05, 0.1) is 14.2 Å². The van der Waals surface area contributed by atoms with E-state index in [1.54, 1.807) is 6.07 Å². The van der Waals surface area contributed by atoms with Gasteiger partial charge < -0.3 is 14.6 Å². The standard InChI is InChI=1S/C11H14O4/c1-4-7-5-8(11(13)15-3)9(12)6-10(7)14-2/h5-6,12H,4H2,1-3H3. The van der Waals surface area contributed by atoms with E-state index >= 15 is 0 Å². The monoisotopic (exact) mass is 210 g/mol. The third-order valence-corrected chi connectivity index (χ3v) is 2.18. The molecule has 0 aliphatic rings. The van der Waals surface area contributed by atoms with Crippen LogP contribution in [0.15, 0.2) is 12.1 Å². The van der Waals surface area contributed by atoms with Crippen molar-refractivity contribution in [1.29, 1.82) is 0 Å². The molecule has 82 valence electrons. The molecule has 0 amide bonds. The van der Waals surface area contributed by atoms with Crippen LogP contribution in [0.1, 0.15) is 22.8 Å². The highest BCUT2D eigenvalue weighted by Gasteiger charge is 2.15. The molecule has 0 radical (unpaired) electrons. The third kappa shape index (κ3) is 2.21. The molecule has 0 saturated heterocycles. The van der Waals surface area contributed by atoms with Gasteiger partial charge in [-0.3, -0.25) is 0 Å². The van der Waals surface area contributed by atoms with Crippen LogP contribution in [0.5, 0.6) is 11.5 Å². The van der Waals surface area contributed by atoms with Gasteiger partial charge in [-0.2, -0.15) is 0 Å². The molecular weight excluding hydrogens is 196 g/mol. The van der Waals surface area contributed by atoms with E-state index in [1.165, 1.54) is 20.3 Å². The Bertz CT molecular complexity index is 371. The van der Waals surface area contributed by atoms with E-state index in [4.69, 9.17) is 4.74 Å². The lowest BCUT2D eigenvalue weighted by atomic mass is 10.1. The van der Waals surface area contributed by atoms with E-state index < -0.39 is 5.97 Å². The van der Waals surface area contributed by atoms with Gasteiger partial charge in [0.1, 0.15) is 17.1 Å². The third-order valence-electron chi connectivity index (χ3n) is 2.18. The van der Waals surface area contributed by atoms with Crippen molar-refractivity contribution >= 4 is 5.97 Å². The van der Waals surface area contributed by atoms with Gasteiger partial charge in [-0.1, -0.05) is 6.92 Å². The van der Waals surface area contributed by atoms with Gasteiger partial charge >= 0.3 is 5.97 Å². The topological polar surface area (TPSA) is 55.8 Å². The summed E-state index contributed by atoms with van der Waals surface area (Å²) in [5.41, 5.74) is 1.02. The highest BCUT2D eigenvalue weighted by molar-refractivity contribution is 5.92. The number of carbonyl (C=O) groups excluding carboxylic acids is 1. The lowest BCUT2D eigenvalue weighted by Gasteiger charge is -2.10. The number of benzene rings is 1. The molecule has 0 atom stereocenters. The van der Waals surface area contributed by atoms with Crippen molar-refractivity contribution < 1.29 is 19.4 Å². The summed E-state index contributed by atoms with van der Waals surface area (Å²) in [6.45, 7) is 1.94. The zero-order valence-corrected chi connectivity index (χ0v) is 9.03. The van der Waals surface area contributed by atoms with E-state index in [2.05, 4.69) is 4.74 Å². The molecule has 0 saturated carbocycles. The number of rotatable bonds is 3. The Labute approximate surface area is 88.4 Å². The minimum Gasteiger partial charge on any atom is -0.507 e. The predicted molar refractivity (Wildman–Crippen MR) is 55.4 cm³/mol. The Morgan fingerprint density at radius 3 is 2.53 bits per heavy atom. The SMILES string of the molecule is CCc1cc(C(=O)OC)c(O)cc1OC. The number of carbonyl (C=O) groups is 1. The molecule has 0 spiro atoms. The maximum Gasteiger partial charge on any atom is 0.341 e. The summed E-state index contributed by atoms with van der Waals surface area (Å²) in [7, 11) is 2.80. The molecule has 0 bridgehead atoms. The van der Waals surface area contributed by atoms with Crippen LogP contribution in [0.2, 0.25) is 0 Å². The van der Waals surface area contributed by atoms with Crippen molar-refractivity contribution in [2.75, 3.05) is 14.2 Å². The van der Waals surface area contributed by atoms with Gasteiger partial charge in [-0.25, -0.2) is 4.79 Å². The summed E-state index contributed by atoms with van der Waals surface area (Å²) in [5.74, 6) is -0.108. The molecular formula is C11H14O4. The second-order valence-electron chi connectivity index (χ2n) is 3.03. The summed E-state index contributed by atoms with van der Waals surface area (Å²) in [6, 6.07) is 3.01. The summed E-state index contributed by atoms with van der Waals surface area (Å²) in [4.78, 5) is 11.3. The van der Waals surface area contributed by atoms with Crippen molar-refractivity contribution in [3.63, 3.8) is 0 Å². The molecule has 1 N–H and O–H groups in total. The molecule has 4 nitrogen and oxygen atoms in total. The first-order valence-electron chi connectivity index (χ1n) is 4.62. The molecule has 0 aromatic heterocycles. The fourth-order valence-electron chi connectivity index (χ4n) is 1.35. The second kappa shape index (κ2) is 4.68. The number of phenolic OH excluding ortho intramolecular Hbond substituents is 1. The molecule has 4 heteroatoms. The highest BCUT2D eigenvalue weighted by Crippen LogP contribution is 2.28. The number of esters is 1. The van der Waals surface area contributed by atoms with Crippen molar-refractivity contribution in [3.8, 4) is 11.5 Å². The lowest BCUT2D eigenvalue weighted by molar-refractivity contribution is 0.0597. The van der Waals surface area contributed by atoms with E-state index in [0.717, 1.165) is 5.56 Å². The van der Waals surface area contributed by atoms with Crippen molar-refractivity contribution in [2.45, 2.75) is 13.3 Å². The Morgan fingerprint density at radius 2 is 2.07 bits per heavy atom. The molecule has 0 aliphatic heterocycles. The molecule has 0 unspecified atom stereocenters. The first-order chi connectivity index (χ1) is 7.13. The van der Waals surface area contributed by atoms with Crippen LogP contribution in [0.3, 0.4) is 0 Å². The number of aromatic hydroxyl groups is 1. The average Bonchev–Trinajstić information content (AvgIpc) is 2.27. The van der Waals surface area contributed by atoms with Gasteiger partial charge in [0.15, 0.2) is 0 Å². The van der Waals surface area contributed by atoms with Crippen LogP contribution in [-0.2, 0) is 11.2 Å². The summed E-state index contributed by atoms with van der Waals surface area (Å²) < 4.78 is 9.62. The minimum absolute atomic E-state index is 0.129. The van der Waals surface area contributed by atoms with Crippen LogP contribution in [0.4, 0.5) is 0 Å². The zero-order valence-electron chi connectivity index (χ0n) is 9.03. The van der Waals surface area contributed by atoms with E-state index in [0.29, 0.717) is 12.2 Å². The number of hydrogen-bond donors (Lipinski definition) is 1. The summed E-state index contributed by atoms with van der Waals surface area (Å²) in [6.07, 6.45) is 0.716. The zero-order chi connectivity index (χ0) is 11.4. The average molecular weight is 210 g/mol. The summed E-state index contributed by atoms with van der Waals surface area (Å²) in [5, 5.41) is 9.56. The van der Waals surface area contributed by atoms with E-state index in [1.807, 2.05) is 6.92 Å². The normalized spacial score (nSPS) is 9.80. The molecule has 0 heterocycles. The van der Waals surface area contributed by atoms with Gasteiger partial charge in [-0.05, 0) is 18.1 Å². The highest BCUT2D eigenvalue weighted by atomic mass is 16.5. The van der Waals surface area contributed by atoms with Crippen molar-refractivity contribution in [3.05, 3.63) is 23.3 Å². The van der Waals surface area contributed by atoms with Crippen LogP contribution >= 0.6 is 0 Å². The number of ether oxygens (including phenoxy) is 2. The molecule has 0 fully saturated rings. The Hall–Kier alpha value is -1.71. The van der Waals surface area contributed by atoms with Gasteiger partial charge in [0.25, 0.3) is 0 Å². The van der Waals surface area contributed by atoms with Gasteiger partial charge in [0, 0.05) is 6.07 Å². The van der Waals surface area contributed by atoms with Crippen molar-refractivity contribution in [2.24, 2.45) is 0 Å². The molecule has 1 aromatic rings. The van der Waals surface area contributed by atoms with Crippen LogP contribution < -0.4 is 4.74 Å². The predicted octanol–water partition coefficient (Wildman–Crippen LogP) is 1.75. The first kappa shape index (κ1) is 11.4. The largest absolute Gasteiger partial charge is 0.507 e. The molecule has 1 aromatic carbocycles. The molecule has 1 rings (SSSR count). The molecule has 0 aliphatic carbocycles. The molecule has 15 heavy (non-hydrogen) atoms. The lowest BCUT2D eigenvalue weighted by Crippen LogP contribution is -2.03. The smallest absolute Gasteiger partial charge is 0.341 e. The maximum absolute atomic E-state index is 11.3. The van der Waals surface area contributed by atoms with Crippen LogP contribution in [0, 0.1) is 0 Å². The number of aryl methyl sites for hydroxylation is 1. The maximum atomic E-state index is 11.3. The second-order valence-corrected chi connectivity index (χ2v) is 3.03. The summed E-state index contributed by atoms with van der Waals surface area (Å²) >= 11 is 0. The Kier molecular flexibility index (Phi) is 3.55. The fourth-order valence-corrected chi connectivity index (χ4v) is 1.35. The number of methoxy groups -OCH3 is 2.